The van der Waals surface area contributed by atoms with Crippen molar-refractivity contribution in [1.82, 2.24) is 4.98 Å². The number of aromatic nitrogens is 1. The summed E-state index contributed by atoms with van der Waals surface area (Å²) in [5.74, 6) is 0. The molecule has 0 spiro atoms. The molecule has 2 aliphatic rings. The minimum Gasteiger partial charge on any atom is -0.363 e. The summed E-state index contributed by atoms with van der Waals surface area (Å²) >= 11 is 0. The largest absolute Gasteiger partial charge is 0.363 e. The van der Waals surface area contributed by atoms with Gasteiger partial charge < -0.3 is 4.74 Å². The van der Waals surface area contributed by atoms with E-state index in [1.54, 1.807) is 0 Å². The molecule has 2 heteroatoms. The van der Waals surface area contributed by atoms with E-state index in [0.717, 1.165) is 18.4 Å². The number of fused-ring (bicyclic) bond motifs is 6. The zero-order valence-corrected chi connectivity index (χ0v) is 11.4. The van der Waals surface area contributed by atoms with Crippen molar-refractivity contribution < 1.29 is 4.74 Å². The highest BCUT2D eigenvalue weighted by molar-refractivity contribution is 6.06. The van der Waals surface area contributed by atoms with Crippen LogP contribution in [0.2, 0.25) is 0 Å². The molecule has 2 aromatic carbocycles. The fourth-order valence-corrected chi connectivity index (χ4v) is 3.66. The molecule has 0 radical (unpaired) electrons. The predicted octanol–water partition coefficient (Wildman–Crippen LogP) is 4.08. The number of rotatable bonds is 0. The summed E-state index contributed by atoms with van der Waals surface area (Å²) in [4.78, 5) is 5.00. The Labute approximate surface area is 117 Å². The summed E-state index contributed by atoms with van der Waals surface area (Å²) in [6.45, 7) is 2.24. The Bertz CT molecular complexity index is 868. The molecule has 1 aromatic heterocycles. The van der Waals surface area contributed by atoms with Gasteiger partial charge in [0.2, 0.25) is 0 Å². The van der Waals surface area contributed by atoms with Crippen LogP contribution in [0.25, 0.3) is 21.7 Å². The molecule has 0 bridgehead atoms. The summed E-state index contributed by atoms with van der Waals surface area (Å²) < 4.78 is 5.76. The van der Waals surface area contributed by atoms with E-state index < -0.39 is 0 Å². The van der Waals surface area contributed by atoms with Crippen LogP contribution in [0, 0.1) is 6.92 Å². The quantitative estimate of drug-likeness (QED) is 0.450. The van der Waals surface area contributed by atoms with E-state index in [9.17, 15) is 0 Å². The van der Waals surface area contributed by atoms with Crippen LogP contribution < -0.4 is 0 Å². The number of ether oxygens (including phenoxy) is 1. The molecule has 0 N–H and O–H groups in total. The van der Waals surface area contributed by atoms with Gasteiger partial charge >= 0.3 is 0 Å². The van der Waals surface area contributed by atoms with Gasteiger partial charge in [-0.05, 0) is 36.3 Å². The van der Waals surface area contributed by atoms with E-state index in [0.29, 0.717) is 6.10 Å². The fourth-order valence-electron chi connectivity index (χ4n) is 3.66. The topological polar surface area (TPSA) is 25.4 Å². The molecule has 1 saturated heterocycles. The maximum atomic E-state index is 5.76. The van der Waals surface area contributed by atoms with Crippen LogP contribution in [0.15, 0.2) is 36.4 Å². The zero-order chi connectivity index (χ0) is 13.3. The first-order chi connectivity index (χ1) is 9.83. The van der Waals surface area contributed by atoms with Crippen molar-refractivity contribution in [3.8, 4) is 0 Å². The van der Waals surface area contributed by atoms with Crippen molar-refractivity contribution in [2.45, 2.75) is 32.0 Å². The number of nitrogens with zero attached hydrogens (tertiary/aromatic N) is 1. The third-order valence-corrected chi connectivity index (χ3v) is 4.83. The molecule has 1 aliphatic carbocycles. The van der Waals surface area contributed by atoms with Crippen LogP contribution in [0.4, 0.5) is 0 Å². The van der Waals surface area contributed by atoms with Crippen molar-refractivity contribution in [3.05, 3.63) is 53.2 Å². The summed E-state index contributed by atoms with van der Waals surface area (Å²) in [5, 5.41) is 3.80. The minimum atomic E-state index is 0.265. The smallest absolute Gasteiger partial charge is 0.126 e. The van der Waals surface area contributed by atoms with Gasteiger partial charge in [0.15, 0.2) is 0 Å². The number of hydrogen-bond acceptors (Lipinski definition) is 2. The summed E-state index contributed by atoms with van der Waals surface area (Å²) in [5.41, 5.74) is 5.15. The van der Waals surface area contributed by atoms with Gasteiger partial charge in [0.1, 0.15) is 6.10 Å². The second-order valence-corrected chi connectivity index (χ2v) is 5.92. The Morgan fingerprint density at radius 2 is 2.00 bits per heavy atom. The van der Waals surface area contributed by atoms with E-state index in [2.05, 4.69) is 43.3 Å². The van der Waals surface area contributed by atoms with Crippen molar-refractivity contribution in [2.75, 3.05) is 0 Å². The fraction of sp³-hybridized carbons (Fsp3) is 0.278. The standard InChI is InChI=1S/C18H15NO/c1-10-12-7-6-11-4-2-3-5-14(11)16(12)19-17-13(10)8-9-15-18(17)20-15/h2-7,15,18H,8-9H2,1H3. The SMILES string of the molecule is Cc1c2c(nc3c1ccc1ccccc13)C1OC1CC2. The molecule has 0 amide bonds. The van der Waals surface area contributed by atoms with E-state index >= 15 is 0 Å². The number of aryl methyl sites for hydroxylation is 1. The van der Waals surface area contributed by atoms with E-state index in [1.165, 1.54) is 33.0 Å². The van der Waals surface area contributed by atoms with Gasteiger partial charge in [0, 0.05) is 10.8 Å². The highest BCUT2D eigenvalue weighted by Gasteiger charge is 2.45. The molecular formula is C18H15NO. The molecule has 5 rings (SSSR count). The lowest BCUT2D eigenvalue weighted by Gasteiger charge is -2.17. The lowest BCUT2D eigenvalue weighted by Crippen LogP contribution is -2.09. The molecule has 2 unspecified atom stereocenters. The Morgan fingerprint density at radius 1 is 1.10 bits per heavy atom. The van der Waals surface area contributed by atoms with Crippen molar-refractivity contribution in [3.63, 3.8) is 0 Å². The minimum absolute atomic E-state index is 0.265. The van der Waals surface area contributed by atoms with Crippen LogP contribution >= 0.6 is 0 Å². The number of benzene rings is 2. The third kappa shape index (κ3) is 1.30. The number of pyridine rings is 1. The first-order valence-corrected chi connectivity index (χ1v) is 7.29. The van der Waals surface area contributed by atoms with Crippen LogP contribution in [0.3, 0.4) is 0 Å². The normalized spacial score (nSPS) is 23.6. The Balaban J connectivity index is 1.95. The van der Waals surface area contributed by atoms with Crippen LogP contribution in [0.1, 0.15) is 29.3 Å². The molecule has 2 nitrogen and oxygen atoms in total. The second kappa shape index (κ2) is 3.58. The highest BCUT2D eigenvalue weighted by atomic mass is 16.6. The summed E-state index contributed by atoms with van der Waals surface area (Å²) in [6.07, 6.45) is 2.96. The average Bonchev–Trinajstić information content (AvgIpc) is 3.27. The van der Waals surface area contributed by atoms with Gasteiger partial charge in [-0.1, -0.05) is 36.4 Å². The van der Waals surface area contributed by atoms with Crippen molar-refractivity contribution in [1.29, 1.82) is 0 Å². The molecule has 20 heavy (non-hydrogen) atoms. The lowest BCUT2D eigenvalue weighted by molar-refractivity contribution is 0.371. The molecule has 3 aromatic rings. The first kappa shape index (κ1) is 10.8. The number of hydrogen-bond donors (Lipinski definition) is 0. The van der Waals surface area contributed by atoms with Crippen LogP contribution in [-0.4, -0.2) is 11.1 Å². The molecule has 0 saturated carbocycles. The zero-order valence-electron chi connectivity index (χ0n) is 11.4. The van der Waals surface area contributed by atoms with Crippen molar-refractivity contribution in [2.24, 2.45) is 0 Å². The number of epoxide rings is 1. The van der Waals surface area contributed by atoms with Crippen LogP contribution in [-0.2, 0) is 11.2 Å². The van der Waals surface area contributed by atoms with Gasteiger partial charge in [-0.3, -0.25) is 0 Å². The molecule has 1 fully saturated rings. The van der Waals surface area contributed by atoms with Gasteiger partial charge in [0.25, 0.3) is 0 Å². The average molecular weight is 261 g/mol. The van der Waals surface area contributed by atoms with Gasteiger partial charge in [-0.2, -0.15) is 0 Å². The summed E-state index contributed by atoms with van der Waals surface area (Å²) in [6, 6.07) is 12.9. The first-order valence-electron chi connectivity index (χ1n) is 7.29. The van der Waals surface area contributed by atoms with Crippen LogP contribution in [0.5, 0.6) is 0 Å². The van der Waals surface area contributed by atoms with E-state index in [-0.39, 0.29) is 6.10 Å². The Morgan fingerprint density at radius 3 is 2.95 bits per heavy atom. The van der Waals surface area contributed by atoms with E-state index in [4.69, 9.17) is 9.72 Å². The predicted molar refractivity (Wildman–Crippen MR) is 79.9 cm³/mol. The maximum absolute atomic E-state index is 5.76. The summed E-state index contributed by atoms with van der Waals surface area (Å²) in [7, 11) is 0. The highest BCUT2D eigenvalue weighted by Crippen LogP contribution is 2.48. The third-order valence-electron chi connectivity index (χ3n) is 4.83. The molecule has 1 aliphatic heterocycles. The van der Waals surface area contributed by atoms with Gasteiger partial charge in [0.05, 0.1) is 17.3 Å². The molecular weight excluding hydrogens is 246 g/mol. The maximum Gasteiger partial charge on any atom is 0.126 e. The Kier molecular flexibility index (Phi) is 1.94. The second-order valence-electron chi connectivity index (χ2n) is 5.92. The lowest BCUT2D eigenvalue weighted by atomic mass is 9.90. The van der Waals surface area contributed by atoms with Gasteiger partial charge in [-0.15, -0.1) is 0 Å². The molecule has 2 atom stereocenters. The van der Waals surface area contributed by atoms with Gasteiger partial charge in [-0.25, -0.2) is 4.98 Å². The van der Waals surface area contributed by atoms with E-state index in [1.807, 2.05) is 0 Å². The molecule has 2 heterocycles. The van der Waals surface area contributed by atoms with Crippen molar-refractivity contribution >= 4 is 21.7 Å². The monoisotopic (exact) mass is 261 g/mol. The molecule has 98 valence electrons. The Hall–Kier alpha value is -1.93.